The van der Waals surface area contributed by atoms with Gasteiger partial charge in [0.1, 0.15) is 15.8 Å². The lowest BCUT2D eigenvalue weighted by Crippen LogP contribution is -2.40. The van der Waals surface area contributed by atoms with E-state index in [-0.39, 0.29) is 27.8 Å². The molecule has 0 atom stereocenters. The molecule has 0 aliphatic carbocycles. The predicted molar refractivity (Wildman–Crippen MR) is 109 cm³/mol. The average Bonchev–Trinajstić information content (AvgIpc) is 3.43. The second-order valence-corrected chi connectivity index (χ2v) is 9.90. The summed E-state index contributed by atoms with van der Waals surface area (Å²) in [5, 5.41) is 2.69. The lowest BCUT2D eigenvalue weighted by molar-refractivity contribution is 0.0731. The summed E-state index contributed by atoms with van der Waals surface area (Å²) in [7, 11) is -3.56. The topological polar surface area (TPSA) is 88.9 Å². The molecular formula is C20H19FN2O5S2. The van der Waals surface area contributed by atoms with E-state index in [4.69, 9.17) is 9.15 Å². The number of furan rings is 1. The standard InChI is InChI=1S/C20H19FN2O5S2/c21-16-4-2-1-3-15(16)17-6-7-18(28-17)20(24)22-13-14-5-8-19(29-14)30(25,26)23-9-11-27-12-10-23/h1-8H,9-13H2,(H,22,24). The van der Waals surface area contributed by atoms with Crippen molar-refractivity contribution < 1.29 is 26.8 Å². The maximum Gasteiger partial charge on any atom is 0.287 e. The molecular weight excluding hydrogens is 431 g/mol. The van der Waals surface area contributed by atoms with Crippen molar-refractivity contribution in [2.75, 3.05) is 26.3 Å². The molecule has 1 fully saturated rings. The van der Waals surface area contributed by atoms with Crippen LogP contribution in [0.15, 0.2) is 57.2 Å². The zero-order valence-electron chi connectivity index (χ0n) is 15.8. The number of rotatable bonds is 6. The number of sulfonamides is 1. The number of thiophene rings is 1. The molecule has 0 radical (unpaired) electrons. The van der Waals surface area contributed by atoms with E-state index in [1.807, 2.05) is 0 Å². The summed E-state index contributed by atoms with van der Waals surface area (Å²) in [6.45, 7) is 1.57. The monoisotopic (exact) mass is 450 g/mol. The molecule has 2 aromatic heterocycles. The average molecular weight is 451 g/mol. The Morgan fingerprint density at radius 3 is 2.63 bits per heavy atom. The van der Waals surface area contributed by atoms with Crippen LogP contribution in [-0.4, -0.2) is 44.9 Å². The maximum absolute atomic E-state index is 13.9. The van der Waals surface area contributed by atoms with Crippen LogP contribution in [0.2, 0.25) is 0 Å². The van der Waals surface area contributed by atoms with Crippen LogP contribution in [0.3, 0.4) is 0 Å². The highest BCUT2D eigenvalue weighted by Gasteiger charge is 2.27. The summed E-state index contributed by atoms with van der Waals surface area (Å²) >= 11 is 1.11. The van der Waals surface area contributed by atoms with Crippen molar-refractivity contribution in [1.82, 2.24) is 9.62 Å². The van der Waals surface area contributed by atoms with Crippen molar-refractivity contribution >= 4 is 27.3 Å². The number of morpholine rings is 1. The molecule has 1 aromatic carbocycles. The molecule has 0 saturated carbocycles. The van der Waals surface area contributed by atoms with Gasteiger partial charge in [-0.25, -0.2) is 12.8 Å². The fourth-order valence-electron chi connectivity index (χ4n) is 3.03. The number of carbonyl (C=O) groups excluding carboxylic acids is 1. The summed E-state index contributed by atoms with van der Waals surface area (Å²) in [6, 6.07) is 12.4. The van der Waals surface area contributed by atoms with Gasteiger partial charge < -0.3 is 14.5 Å². The highest BCUT2D eigenvalue weighted by molar-refractivity contribution is 7.91. The minimum Gasteiger partial charge on any atom is -0.451 e. The van der Waals surface area contributed by atoms with E-state index in [0.29, 0.717) is 31.2 Å². The van der Waals surface area contributed by atoms with Crippen LogP contribution in [0.4, 0.5) is 4.39 Å². The molecule has 4 rings (SSSR count). The van der Waals surface area contributed by atoms with E-state index >= 15 is 0 Å². The number of carbonyl (C=O) groups is 1. The van der Waals surface area contributed by atoms with Crippen molar-refractivity contribution in [3.8, 4) is 11.3 Å². The zero-order valence-corrected chi connectivity index (χ0v) is 17.5. The molecule has 0 unspecified atom stereocenters. The number of amides is 1. The van der Waals surface area contributed by atoms with Crippen LogP contribution in [0.1, 0.15) is 15.4 Å². The fourth-order valence-corrected chi connectivity index (χ4v) is 5.88. The molecule has 3 aromatic rings. The highest BCUT2D eigenvalue weighted by atomic mass is 32.2. The van der Waals surface area contributed by atoms with Crippen molar-refractivity contribution in [2.45, 2.75) is 10.8 Å². The van der Waals surface area contributed by atoms with E-state index in [1.165, 1.54) is 22.5 Å². The van der Waals surface area contributed by atoms with Crippen molar-refractivity contribution in [1.29, 1.82) is 0 Å². The van der Waals surface area contributed by atoms with Crippen molar-refractivity contribution in [3.63, 3.8) is 0 Å². The minimum atomic E-state index is -3.56. The van der Waals surface area contributed by atoms with Gasteiger partial charge in [-0.05, 0) is 36.4 Å². The van der Waals surface area contributed by atoms with Gasteiger partial charge in [0, 0.05) is 18.0 Å². The summed E-state index contributed by atoms with van der Waals surface area (Å²) in [4.78, 5) is 13.1. The van der Waals surface area contributed by atoms with Gasteiger partial charge in [0.2, 0.25) is 0 Å². The second-order valence-electron chi connectivity index (χ2n) is 6.56. The van der Waals surface area contributed by atoms with E-state index in [1.54, 1.807) is 30.3 Å². The van der Waals surface area contributed by atoms with E-state index in [9.17, 15) is 17.6 Å². The Kier molecular flexibility index (Phi) is 6.00. The first-order chi connectivity index (χ1) is 14.4. The molecule has 1 amide bonds. The molecule has 1 aliphatic rings. The molecule has 1 N–H and O–H groups in total. The maximum atomic E-state index is 13.9. The van der Waals surface area contributed by atoms with Gasteiger partial charge in [0.25, 0.3) is 15.9 Å². The van der Waals surface area contributed by atoms with Crippen LogP contribution in [-0.2, 0) is 21.3 Å². The molecule has 10 heteroatoms. The normalized spacial score (nSPS) is 15.2. The summed E-state index contributed by atoms with van der Waals surface area (Å²) < 4.78 is 51.5. The molecule has 30 heavy (non-hydrogen) atoms. The molecule has 158 valence electrons. The van der Waals surface area contributed by atoms with Gasteiger partial charge in [-0.2, -0.15) is 4.31 Å². The van der Waals surface area contributed by atoms with Gasteiger partial charge in [-0.15, -0.1) is 11.3 Å². The Balaban J connectivity index is 1.40. The van der Waals surface area contributed by atoms with Crippen LogP contribution in [0, 0.1) is 5.82 Å². The fraction of sp³-hybridized carbons (Fsp3) is 0.250. The summed E-state index contributed by atoms with van der Waals surface area (Å²) in [5.74, 6) is -0.603. The van der Waals surface area contributed by atoms with Gasteiger partial charge >= 0.3 is 0 Å². The van der Waals surface area contributed by atoms with Crippen LogP contribution >= 0.6 is 11.3 Å². The third-order valence-corrected chi connectivity index (χ3v) is 8.04. The van der Waals surface area contributed by atoms with E-state index in [0.717, 1.165) is 11.3 Å². The number of nitrogens with zero attached hydrogens (tertiary/aromatic N) is 1. The first-order valence-corrected chi connectivity index (χ1v) is 11.5. The largest absolute Gasteiger partial charge is 0.451 e. The van der Waals surface area contributed by atoms with Crippen molar-refractivity contribution in [2.24, 2.45) is 0 Å². The Morgan fingerprint density at radius 2 is 1.87 bits per heavy atom. The van der Waals surface area contributed by atoms with Gasteiger partial charge in [-0.1, -0.05) is 12.1 Å². The third kappa shape index (κ3) is 4.31. The highest BCUT2D eigenvalue weighted by Crippen LogP contribution is 2.27. The molecule has 1 aliphatic heterocycles. The third-order valence-electron chi connectivity index (χ3n) is 4.59. The number of hydrogen-bond acceptors (Lipinski definition) is 6. The van der Waals surface area contributed by atoms with E-state index in [2.05, 4.69) is 5.32 Å². The number of hydrogen-bond donors (Lipinski definition) is 1. The van der Waals surface area contributed by atoms with Gasteiger partial charge in [0.05, 0.1) is 25.3 Å². The minimum absolute atomic E-state index is 0.0472. The Labute approximate surface area is 177 Å². The smallest absolute Gasteiger partial charge is 0.287 e. The molecule has 0 bridgehead atoms. The van der Waals surface area contributed by atoms with Crippen LogP contribution < -0.4 is 5.32 Å². The Morgan fingerprint density at radius 1 is 1.10 bits per heavy atom. The predicted octanol–water partition coefficient (Wildman–Crippen LogP) is 3.10. The summed E-state index contributed by atoms with van der Waals surface area (Å²) in [6.07, 6.45) is 0. The molecule has 3 heterocycles. The van der Waals surface area contributed by atoms with Gasteiger partial charge in [-0.3, -0.25) is 4.79 Å². The van der Waals surface area contributed by atoms with Crippen molar-refractivity contribution in [3.05, 3.63) is 65.0 Å². The van der Waals surface area contributed by atoms with Crippen LogP contribution in [0.5, 0.6) is 0 Å². The quantitative estimate of drug-likeness (QED) is 0.624. The van der Waals surface area contributed by atoms with Crippen LogP contribution in [0.25, 0.3) is 11.3 Å². The number of benzene rings is 1. The van der Waals surface area contributed by atoms with E-state index < -0.39 is 21.7 Å². The number of nitrogens with one attached hydrogen (secondary N) is 1. The lowest BCUT2D eigenvalue weighted by atomic mass is 10.1. The molecule has 7 nitrogen and oxygen atoms in total. The Bertz CT molecular complexity index is 1150. The first-order valence-electron chi connectivity index (χ1n) is 9.25. The summed E-state index contributed by atoms with van der Waals surface area (Å²) in [5.41, 5.74) is 0.271. The Hall–Kier alpha value is -2.53. The van der Waals surface area contributed by atoms with Gasteiger partial charge in [0.15, 0.2) is 5.76 Å². The molecule has 1 saturated heterocycles. The SMILES string of the molecule is O=C(NCc1ccc(S(=O)(=O)N2CCOCC2)s1)c1ccc(-c2ccccc2F)o1. The number of ether oxygens (including phenoxy) is 1. The lowest BCUT2D eigenvalue weighted by Gasteiger charge is -2.25. The molecule has 0 spiro atoms. The second kappa shape index (κ2) is 8.68. The first kappa shape index (κ1) is 20.7. The zero-order chi connectivity index (χ0) is 21.1. The number of halogens is 1.